The van der Waals surface area contributed by atoms with Gasteiger partial charge in [-0.3, -0.25) is 13.8 Å². The van der Waals surface area contributed by atoms with E-state index in [1.54, 1.807) is 0 Å². The number of hydrogen-bond donors (Lipinski definition) is 3. The molecule has 0 saturated carbocycles. The Morgan fingerprint density at radius 3 is 1.41 bits per heavy atom. The number of unbranched alkanes of at least 4 members (excludes halogenated alkanes) is 20. The number of allylic oxidation sites excluding steroid dienone is 12. The van der Waals surface area contributed by atoms with Crippen molar-refractivity contribution < 1.29 is 43.0 Å². The Morgan fingerprint density at radius 1 is 0.525 bits per heavy atom. The highest BCUT2D eigenvalue weighted by Crippen LogP contribution is 2.43. The minimum atomic E-state index is -4.53. The van der Waals surface area contributed by atoms with Crippen LogP contribution in [-0.2, 0) is 27.9 Å². The highest BCUT2D eigenvalue weighted by molar-refractivity contribution is 7.47. The number of carbonyl (C=O) groups is 1. The van der Waals surface area contributed by atoms with E-state index in [2.05, 4.69) is 86.8 Å². The van der Waals surface area contributed by atoms with Gasteiger partial charge in [0.25, 0.3) is 0 Å². The maximum Gasteiger partial charge on any atom is 0.472 e. The van der Waals surface area contributed by atoms with E-state index in [0.29, 0.717) is 6.61 Å². The van der Waals surface area contributed by atoms with Crippen molar-refractivity contribution in [1.29, 1.82) is 0 Å². The molecule has 0 aliphatic heterocycles. The van der Waals surface area contributed by atoms with E-state index in [0.717, 1.165) is 89.9 Å². The molecule has 0 spiro atoms. The zero-order valence-electron chi connectivity index (χ0n) is 38.9. The van der Waals surface area contributed by atoms with Crippen molar-refractivity contribution in [3.63, 3.8) is 0 Å². The summed E-state index contributed by atoms with van der Waals surface area (Å²) in [5.74, 6) is -0.393. The van der Waals surface area contributed by atoms with Crippen LogP contribution in [0.5, 0.6) is 0 Å². The molecule has 0 bridgehead atoms. The fourth-order valence-corrected chi connectivity index (χ4v) is 7.23. The third-order valence-corrected chi connectivity index (χ3v) is 11.1. The summed E-state index contributed by atoms with van der Waals surface area (Å²) in [7, 11) is -4.53. The summed E-state index contributed by atoms with van der Waals surface area (Å²) in [5.41, 5.74) is 0. The van der Waals surface area contributed by atoms with Crippen LogP contribution < -0.4 is 0 Å². The van der Waals surface area contributed by atoms with Gasteiger partial charge in [-0.05, 0) is 83.5 Å². The second kappa shape index (κ2) is 47.4. The fraction of sp³-hybridized carbons (Fsp3) is 0.745. The molecule has 3 atom stereocenters. The molecule has 10 heteroatoms. The van der Waals surface area contributed by atoms with Crippen molar-refractivity contribution in [2.45, 2.75) is 212 Å². The molecule has 354 valence electrons. The van der Waals surface area contributed by atoms with Gasteiger partial charge in [-0.1, -0.05) is 183 Å². The Labute approximate surface area is 373 Å². The Hall–Kier alpha value is -2.10. The van der Waals surface area contributed by atoms with Crippen LogP contribution in [0.25, 0.3) is 0 Å². The Balaban J connectivity index is 4.13. The van der Waals surface area contributed by atoms with E-state index < -0.39 is 39.2 Å². The normalized spacial score (nSPS) is 14.5. The number of phosphoric ester groups is 1. The lowest BCUT2D eigenvalue weighted by atomic mass is 10.0. The third-order valence-electron chi connectivity index (χ3n) is 10.1. The zero-order valence-corrected chi connectivity index (χ0v) is 39.8. The molecule has 0 amide bonds. The van der Waals surface area contributed by atoms with Gasteiger partial charge in [-0.2, -0.15) is 0 Å². The minimum Gasteiger partial charge on any atom is -0.457 e. The van der Waals surface area contributed by atoms with Crippen molar-refractivity contribution in [2.75, 3.05) is 33.0 Å². The topological polar surface area (TPSA) is 132 Å². The highest BCUT2D eigenvalue weighted by atomic mass is 31.2. The van der Waals surface area contributed by atoms with Crippen LogP contribution in [0.3, 0.4) is 0 Å². The van der Waals surface area contributed by atoms with Crippen molar-refractivity contribution in [2.24, 2.45) is 0 Å². The average Bonchev–Trinajstić information content (AvgIpc) is 3.25. The number of rotatable bonds is 46. The summed E-state index contributed by atoms with van der Waals surface area (Å²) in [4.78, 5) is 22.7. The first-order valence-corrected chi connectivity index (χ1v) is 25.9. The average molecular weight is 879 g/mol. The van der Waals surface area contributed by atoms with Crippen LogP contribution in [0.1, 0.15) is 200 Å². The smallest absolute Gasteiger partial charge is 0.457 e. The van der Waals surface area contributed by atoms with Crippen molar-refractivity contribution >= 4 is 13.8 Å². The van der Waals surface area contributed by atoms with Crippen LogP contribution in [0.15, 0.2) is 72.9 Å². The van der Waals surface area contributed by atoms with E-state index in [-0.39, 0.29) is 19.6 Å². The molecule has 0 radical (unpaired) electrons. The summed E-state index contributed by atoms with van der Waals surface area (Å²) < 4.78 is 33.5. The summed E-state index contributed by atoms with van der Waals surface area (Å²) in [6.07, 6.45) is 57.2. The summed E-state index contributed by atoms with van der Waals surface area (Å²) in [5, 5.41) is 18.4. The number of carbonyl (C=O) groups excluding carboxylic acids is 1. The van der Waals surface area contributed by atoms with Gasteiger partial charge in [0.2, 0.25) is 0 Å². The molecule has 0 heterocycles. The van der Waals surface area contributed by atoms with Crippen LogP contribution in [-0.4, -0.2) is 66.3 Å². The maximum atomic E-state index is 12.7. The molecular formula is C51H91O9P. The molecule has 0 aromatic heterocycles. The van der Waals surface area contributed by atoms with E-state index in [1.807, 2.05) is 0 Å². The summed E-state index contributed by atoms with van der Waals surface area (Å²) >= 11 is 0. The van der Waals surface area contributed by atoms with Crippen LogP contribution in [0.4, 0.5) is 0 Å². The predicted molar refractivity (Wildman–Crippen MR) is 256 cm³/mol. The van der Waals surface area contributed by atoms with Gasteiger partial charge in [-0.25, -0.2) is 4.57 Å². The molecule has 0 aromatic rings. The SMILES string of the molecule is CC/C=C\C/C=C\C/C=C\C/C=C\CCCCCCCCCCCCC(=O)OC(COCCCCCCCC/C=C\C/C=C\CCCCCC)COP(=O)(O)OCC(O)CO. The molecule has 0 aromatic carbocycles. The van der Waals surface area contributed by atoms with Crippen LogP contribution in [0.2, 0.25) is 0 Å². The minimum absolute atomic E-state index is 0.0375. The van der Waals surface area contributed by atoms with E-state index in [1.165, 1.54) is 89.9 Å². The van der Waals surface area contributed by atoms with Crippen LogP contribution >= 0.6 is 7.82 Å². The Morgan fingerprint density at radius 2 is 0.934 bits per heavy atom. The standard InChI is InChI=1S/C51H91O9P/c1-3-5-7-9-11-13-15-17-19-21-22-23-24-25-26-27-29-31-33-35-37-39-41-43-51(54)60-50(48-59-61(55,56)58-46-49(53)45-52)47-57-44-42-40-38-36-34-32-30-28-20-18-16-14-12-10-8-6-4-2/h5,7,11,13-14,16-17,19-20,22-23,28,49-50,52-53H,3-4,6,8-10,12,15,18,21,24-27,29-48H2,1-2H3,(H,55,56)/b7-5-,13-11-,16-14-,19-17-,23-22-,28-20-. The maximum absolute atomic E-state index is 12.7. The van der Waals surface area contributed by atoms with E-state index in [9.17, 15) is 19.4 Å². The number of esters is 1. The summed E-state index contributed by atoms with van der Waals surface area (Å²) in [6.45, 7) is 3.36. The molecule has 3 N–H and O–H groups in total. The lowest BCUT2D eigenvalue weighted by Crippen LogP contribution is -2.29. The number of aliphatic hydroxyl groups excluding tert-OH is 2. The molecule has 0 rings (SSSR count). The number of aliphatic hydroxyl groups is 2. The third kappa shape index (κ3) is 47.2. The molecule has 61 heavy (non-hydrogen) atoms. The molecule has 3 unspecified atom stereocenters. The molecule has 0 aliphatic carbocycles. The lowest BCUT2D eigenvalue weighted by molar-refractivity contribution is -0.154. The van der Waals surface area contributed by atoms with Gasteiger partial charge in [0, 0.05) is 13.0 Å². The first-order chi connectivity index (χ1) is 29.8. The zero-order chi connectivity index (χ0) is 44.6. The largest absolute Gasteiger partial charge is 0.472 e. The Bertz CT molecular complexity index is 1180. The molecule has 0 fully saturated rings. The lowest BCUT2D eigenvalue weighted by Gasteiger charge is -2.20. The molecule has 9 nitrogen and oxygen atoms in total. The second-order valence-corrected chi connectivity index (χ2v) is 17.5. The first kappa shape index (κ1) is 58.9. The number of ether oxygens (including phenoxy) is 2. The molecular weight excluding hydrogens is 788 g/mol. The van der Waals surface area contributed by atoms with Gasteiger partial charge >= 0.3 is 13.8 Å². The van der Waals surface area contributed by atoms with Crippen molar-refractivity contribution in [3.8, 4) is 0 Å². The van der Waals surface area contributed by atoms with Gasteiger partial charge < -0.3 is 24.6 Å². The van der Waals surface area contributed by atoms with Crippen molar-refractivity contribution in [1.82, 2.24) is 0 Å². The predicted octanol–water partition coefficient (Wildman–Crippen LogP) is 14.1. The van der Waals surface area contributed by atoms with E-state index in [4.69, 9.17) is 23.6 Å². The fourth-order valence-electron chi connectivity index (χ4n) is 6.44. The van der Waals surface area contributed by atoms with E-state index >= 15 is 0 Å². The van der Waals surface area contributed by atoms with Gasteiger partial charge in [0.1, 0.15) is 12.2 Å². The Kier molecular flexibility index (Phi) is 45.7. The molecule has 0 saturated heterocycles. The highest BCUT2D eigenvalue weighted by Gasteiger charge is 2.26. The van der Waals surface area contributed by atoms with Crippen LogP contribution in [0, 0.1) is 0 Å². The first-order valence-electron chi connectivity index (χ1n) is 24.4. The monoisotopic (exact) mass is 879 g/mol. The van der Waals surface area contributed by atoms with Crippen molar-refractivity contribution in [3.05, 3.63) is 72.9 Å². The number of phosphoric acid groups is 1. The van der Waals surface area contributed by atoms with Gasteiger partial charge in [-0.15, -0.1) is 0 Å². The van der Waals surface area contributed by atoms with Gasteiger partial charge in [0.05, 0.1) is 26.4 Å². The van der Waals surface area contributed by atoms with Gasteiger partial charge in [0.15, 0.2) is 0 Å². The summed E-state index contributed by atoms with van der Waals surface area (Å²) in [6, 6.07) is 0. The quantitative estimate of drug-likeness (QED) is 0.0237. The number of hydrogen-bond acceptors (Lipinski definition) is 8. The second-order valence-electron chi connectivity index (χ2n) is 16.1. The molecule has 0 aliphatic rings.